The first-order chi connectivity index (χ1) is 12.3. The third-order valence-electron chi connectivity index (χ3n) is 3.82. The van der Waals surface area contributed by atoms with Crippen molar-refractivity contribution in [2.45, 2.75) is 25.8 Å². The van der Waals surface area contributed by atoms with Crippen LogP contribution in [0.5, 0.6) is 0 Å². The summed E-state index contributed by atoms with van der Waals surface area (Å²) in [6.07, 6.45) is 3.24. The molecule has 2 amide bonds. The largest absolute Gasteiger partial charge is 0.326 e. The fraction of sp³-hybridized carbons (Fsp3) is 0.312. The second-order valence-electron chi connectivity index (χ2n) is 5.91. The first-order valence-electron chi connectivity index (χ1n) is 7.82. The van der Waals surface area contributed by atoms with Crippen molar-refractivity contribution in [1.82, 2.24) is 9.88 Å². The van der Waals surface area contributed by atoms with Crippen molar-refractivity contribution in [1.29, 1.82) is 0 Å². The zero-order valence-electron chi connectivity index (χ0n) is 13.8. The molecule has 1 fully saturated rings. The van der Waals surface area contributed by atoms with E-state index in [1.165, 1.54) is 28.4 Å². The average Bonchev–Trinajstić information content (AvgIpc) is 3.35. The monoisotopic (exact) mass is 394 g/mol. The number of benzene rings is 1. The summed E-state index contributed by atoms with van der Waals surface area (Å²) < 4.78 is 0. The number of nitrogens with zero attached hydrogens (tertiary/aromatic N) is 3. The lowest BCUT2D eigenvalue weighted by Gasteiger charge is -2.21. The van der Waals surface area contributed by atoms with Gasteiger partial charge in [-0.2, -0.15) is 0 Å². The molecule has 0 bridgehead atoms. The van der Waals surface area contributed by atoms with E-state index in [2.05, 4.69) is 10.3 Å². The molecule has 1 aliphatic rings. The van der Waals surface area contributed by atoms with Gasteiger partial charge in [0.25, 0.3) is 11.6 Å². The van der Waals surface area contributed by atoms with E-state index in [4.69, 9.17) is 11.6 Å². The van der Waals surface area contributed by atoms with E-state index in [9.17, 15) is 19.7 Å². The highest BCUT2D eigenvalue weighted by Gasteiger charge is 2.35. The summed E-state index contributed by atoms with van der Waals surface area (Å²) >= 11 is 7.13. The molecule has 0 aliphatic heterocycles. The van der Waals surface area contributed by atoms with E-state index in [-0.39, 0.29) is 34.8 Å². The molecule has 0 unspecified atom stereocenters. The number of nitrogens with one attached hydrogen (secondary N) is 1. The Bertz CT molecular complexity index is 881. The van der Waals surface area contributed by atoms with Gasteiger partial charge in [0.2, 0.25) is 5.91 Å². The molecular formula is C16H15ClN4O4S. The number of nitro groups is 1. The Hall–Kier alpha value is -2.52. The number of carbonyl (C=O) groups excluding carboxylic acids is 2. The van der Waals surface area contributed by atoms with Gasteiger partial charge in [0.1, 0.15) is 11.6 Å². The van der Waals surface area contributed by atoms with Crippen LogP contribution >= 0.6 is 22.9 Å². The molecular weight excluding hydrogens is 380 g/mol. The molecule has 0 radical (unpaired) electrons. The first kappa shape index (κ1) is 18.3. The van der Waals surface area contributed by atoms with E-state index < -0.39 is 10.8 Å². The third-order valence-corrected chi connectivity index (χ3v) is 4.97. The van der Waals surface area contributed by atoms with Gasteiger partial charge in [-0.05, 0) is 31.9 Å². The molecule has 0 saturated heterocycles. The number of carbonyl (C=O) groups is 2. The predicted molar refractivity (Wildman–Crippen MR) is 97.6 cm³/mol. The van der Waals surface area contributed by atoms with Gasteiger partial charge >= 0.3 is 0 Å². The van der Waals surface area contributed by atoms with Crippen LogP contribution < -0.4 is 5.32 Å². The maximum Gasteiger partial charge on any atom is 0.288 e. The number of amides is 2. The van der Waals surface area contributed by atoms with Crippen LogP contribution in [0.1, 0.15) is 28.1 Å². The topological polar surface area (TPSA) is 105 Å². The van der Waals surface area contributed by atoms with Crippen molar-refractivity contribution in [3.05, 3.63) is 50.0 Å². The van der Waals surface area contributed by atoms with Crippen LogP contribution in [0.15, 0.2) is 24.4 Å². The van der Waals surface area contributed by atoms with Crippen LogP contribution in [0.3, 0.4) is 0 Å². The van der Waals surface area contributed by atoms with Gasteiger partial charge < -0.3 is 10.2 Å². The highest BCUT2D eigenvalue weighted by atomic mass is 35.5. The number of hydrogen-bond acceptors (Lipinski definition) is 6. The Morgan fingerprint density at radius 2 is 2.19 bits per heavy atom. The predicted octanol–water partition coefficient (Wildman–Crippen LogP) is 3.26. The first-order valence-corrected chi connectivity index (χ1v) is 9.02. The summed E-state index contributed by atoms with van der Waals surface area (Å²) in [5, 5.41) is 14.1. The highest BCUT2D eigenvalue weighted by molar-refractivity contribution is 7.15. The minimum atomic E-state index is -0.641. The Kier molecular flexibility index (Phi) is 5.19. The molecule has 1 N–H and O–H groups in total. The molecule has 10 heteroatoms. The number of aromatic nitrogens is 1. The Morgan fingerprint density at radius 3 is 2.77 bits per heavy atom. The number of hydrogen-bond donors (Lipinski definition) is 1. The molecule has 2 aromatic rings. The number of aryl methyl sites for hydroxylation is 1. The molecule has 0 spiro atoms. The Balaban J connectivity index is 1.75. The number of halogens is 1. The second-order valence-corrected chi connectivity index (χ2v) is 7.55. The van der Waals surface area contributed by atoms with E-state index in [0.29, 0.717) is 5.13 Å². The van der Waals surface area contributed by atoms with Crippen molar-refractivity contribution in [3.63, 3.8) is 0 Å². The molecule has 1 aromatic heterocycles. The summed E-state index contributed by atoms with van der Waals surface area (Å²) in [7, 11) is 0. The number of nitro benzene ring substituents is 1. The molecule has 8 nitrogen and oxygen atoms in total. The van der Waals surface area contributed by atoms with Gasteiger partial charge in [0.05, 0.1) is 4.92 Å². The summed E-state index contributed by atoms with van der Waals surface area (Å²) in [4.78, 5) is 41.9. The molecule has 136 valence electrons. The van der Waals surface area contributed by atoms with Crippen LogP contribution in [0.2, 0.25) is 5.02 Å². The lowest BCUT2D eigenvalue weighted by atomic mass is 10.1. The molecule has 26 heavy (non-hydrogen) atoms. The normalized spacial score (nSPS) is 13.3. The van der Waals surface area contributed by atoms with E-state index in [1.54, 1.807) is 6.20 Å². The van der Waals surface area contributed by atoms with Gasteiger partial charge in [-0.3, -0.25) is 19.7 Å². The van der Waals surface area contributed by atoms with Crippen LogP contribution in [-0.2, 0) is 4.79 Å². The van der Waals surface area contributed by atoms with Crippen molar-refractivity contribution >= 4 is 45.6 Å². The quantitative estimate of drug-likeness (QED) is 0.598. The molecule has 3 rings (SSSR count). The van der Waals surface area contributed by atoms with E-state index in [1.807, 2.05) is 6.92 Å². The second kappa shape index (κ2) is 7.38. The van der Waals surface area contributed by atoms with Crippen molar-refractivity contribution < 1.29 is 14.5 Å². The van der Waals surface area contributed by atoms with Crippen LogP contribution in [0, 0.1) is 17.0 Å². The van der Waals surface area contributed by atoms with Crippen molar-refractivity contribution in [2.24, 2.45) is 0 Å². The molecule has 1 aromatic carbocycles. The fourth-order valence-electron chi connectivity index (χ4n) is 2.43. The smallest absolute Gasteiger partial charge is 0.288 e. The lowest BCUT2D eigenvalue weighted by Crippen LogP contribution is -2.39. The van der Waals surface area contributed by atoms with E-state index >= 15 is 0 Å². The summed E-state index contributed by atoms with van der Waals surface area (Å²) in [5.41, 5.74) is -0.207. The van der Waals surface area contributed by atoms with Crippen molar-refractivity contribution in [3.8, 4) is 0 Å². The SMILES string of the molecule is Cc1cnc(NC(=O)CN(C(=O)c2ccc(Cl)c([N+](=O)[O-])c2)C2CC2)s1. The zero-order chi connectivity index (χ0) is 18.8. The highest BCUT2D eigenvalue weighted by Crippen LogP contribution is 2.30. The summed E-state index contributed by atoms with van der Waals surface area (Å²) in [5.74, 6) is -0.791. The van der Waals surface area contributed by atoms with Gasteiger partial charge in [-0.25, -0.2) is 4.98 Å². The summed E-state index contributed by atoms with van der Waals surface area (Å²) in [6, 6.07) is 3.84. The molecule has 0 atom stereocenters. The Labute approximate surface area is 157 Å². The van der Waals surface area contributed by atoms with E-state index in [0.717, 1.165) is 23.8 Å². The maximum absolute atomic E-state index is 12.8. The van der Waals surface area contributed by atoms with Crippen LogP contribution in [0.4, 0.5) is 10.8 Å². The molecule has 1 heterocycles. The molecule has 1 saturated carbocycles. The third kappa shape index (κ3) is 4.17. The maximum atomic E-state index is 12.8. The minimum Gasteiger partial charge on any atom is -0.326 e. The van der Waals surface area contributed by atoms with Crippen LogP contribution in [-0.4, -0.2) is 39.2 Å². The Morgan fingerprint density at radius 1 is 1.46 bits per heavy atom. The zero-order valence-corrected chi connectivity index (χ0v) is 15.3. The number of thiazole rings is 1. The standard InChI is InChI=1S/C16H15ClN4O4S/c1-9-7-18-16(26-9)19-14(22)8-20(11-3-4-11)15(23)10-2-5-12(17)13(6-10)21(24)25/h2,5-7,11H,3-4,8H2,1H3,(H,18,19,22). The van der Waals surface area contributed by atoms with Gasteiger partial charge in [-0.1, -0.05) is 11.6 Å². The fourth-order valence-corrected chi connectivity index (χ4v) is 3.30. The molecule has 1 aliphatic carbocycles. The number of rotatable bonds is 6. The van der Waals surface area contributed by atoms with Gasteiger partial charge in [-0.15, -0.1) is 11.3 Å². The van der Waals surface area contributed by atoms with Gasteiger partial charge in [0, 0.05) is 28.7 Å². The number of anilines is 1. The van der Waals surface area contributed by atoms with Crippen LogP contribution in [0.25, 0.3) is 0 Å². The lowest BCUT2D eigenvalue weighted by molar-refractivity contribution is -0.384. The average molecular weight is 395 g/mol. The summed E-state index contributed by atoms with van der Waals surface area (Å²) in [6.45, 7) is 1.74. The van der Waals surface area contributed by atoms with Gasteiger partial charge in [0.15, 0.2) is 5.13 Å². The van der Waals surface area contributed by atoms with Crippen molar-refractivity contribution in [2.75, 3.05) is 11.9 Å². The minimum absolute atomic E-state index is 0.0404.